The van der Waals surface area contributed by atoms with Crippen LogP contribution in [-0.4, -0.2) is 19.4 Å². The molecule has 3 nitrogen and oxygen atoms in total. The Bertz CT molecular complexity index is 410. The van der Waals surface area contributed by atoms with E-state index in [4.69, 9.17) is 9.47 Å². The molecule has 0 aliphatic rings. The van der Waals surface area contributed by atoms with Crippen molar-refractivity contribution in [2.45, 2.75) is 104 Å². The van der Waals surface area contributed by atoms with Gasteiger partial charge in [0.15, 0.2) is 0 Å². The molecule has 0 aromatic heterocycles. The molecule has 0 aliphatic carbocycles. The van der Waals surface area contributed by atoms with Gasteiger partial charge in [-0.15, -0.1) is 0 Å². The van der Waals surface area contributed by atoms with Crippen LogP contribution in [0.2, 0.25) is 0 Å². The molecule has 0 spiro atoms. The zero-order valence-electron chi connectivity index (χ0n) is 18.5. The van der Waals surface area contributed by atoms with Crippen LogP contribution in [0, 0.1) is 0 Å². The summed E-state index contributed by atoms with van der Waals surface area (Å²) in [4.78, 5) is 11.4. The number of ether oxygens (including phenoxy) is 2. The number of unbranched alkanes of at least 4 members (excludes halogenated alkanes) is 9. The number of allylic oxidation sites excluding steroid dienone is 6. The van der Waals surface area contributed by atoms with E-state index in [1.165, 1.54) is 44.9 Å². The molecule has 0 N–H and O–H groups in total. The predicted molar refractivity (Wildman–Crippen MR) is 121 cm³/mol. The van der Waals surface area contributed by atoms with Crippen LogP contribution in [0.4, 0.5) is 4.79 Å². The largest absolute Gasteiger partial charge is 0.508 e. The SMILES string of the molecule is CCC=CCC=CCC=CCCCCCCCCOC(=O)OCCCCCC. The Morgan fingerprint density at radius 2 is 1.11 bits per heavy atom. The van der Waals surface area contributed by atoms with E-state index >= 15 is 0 Å². The van der Waals surface area contributed by atoms with E-state index in [0.29, 0.717) is 13.2 Å². The first-order valence-electron chi connectivity index (χ1n) is 11.6. The summed E-state index contributed by atoms with van der Waals surface area (Å²) in [5.41, 5.74) is 0. The molecule has 0 saturated carbocycles. The molecule has 0 amide bonds. The Morgan fingerprint density at radius 1 is 0.607 bits per heavy atom. The second kappa shape index (κ2) is 23.5. The Labute approximate surface area is 174 Å². The van der Waals surface area contributed by atoms with Crippen molar-refractivity contribution in [2.75, 3.05) is 13.2 Å². The van der Waals surface area contributed by atoms with Crippen molar-refractivity contribution < 1.29 is 14.3 Å². The van der Waals surface area contributed by atoms with Crippen molar-refractivity contribution >= 4 is 6.16 Å². The van der Waals surface area contributed by atoms with Gasteiger partial charge >= 0.3 is 6.16 Å². The van der Waals surface area contributed by atoms with Crippen LogP contribution in [0.5, 0.6) is 0 Å². The number of carbonyl (C=O) groups excluding carboxylic acids is 1. The van der Waals surface area contributed by atoms with Gasteiger partial charge in [-0.1, -0.05) is 95.2 Å². The summed E-state index contributed by atoms with van der Waals surface area (Å²) in [6.07, 6.45) is 28.9. The first kappa shape index (κ1) is 26.5. The summed E-state index contributed by atoms with van der Waals surface area (Å²) in [6, 6.07) is 0. The lowest BCUT2D eigenvalue weighted by Crippen LogP contribution is -2.09. The van der Waals surface area contributed by atoms with E-state index in [2.05, 4.69) is 50.3 Å². The van der Waals surface area contributed by atoms with Crippen LogP contribution in [-0.2, 0) is 9.47 Å². The van der Waals surface area contributed by atoms with E-state index in [0.717, 1.165) is 44.9 Å². The highest BCUT2D eigenvalue weighted by molar-refractivity contribution is 5.59. The molecule has 0 aromatic rings. The van der Waals surface area contributed by atoms with Crippen LogP contribution in [0.25, 0.3) is 0 Å². The van der Waals surface area contributed by atoms with Gasteiger partial charge in [-0.25, -0.2) is 4.79 Å². The molecule has 0 aliphatic heterocycles. The lowest BCUT2D eigenvalue weighted by atomic mass is 10.1. The molecule has 0 bridgehead atoms. The molecule has 3 heteroatoms. The fourth-order valence-electron chi connectivity index (χ4n) is 2.78. The smallest absolute Gasteiger partial charge is 0.434 e. The lowest BCUT2D eigenvalue weighted by molar-refractivity contribution is 0.0529. The van der Waals surface area contributed by atoms with Crippen LogP contribution in [0.3, 0.4) is 0 Å². The second-order valence-corrected chi connectivity index (χ2v) is 7.21. The maximum Gasteiger partial charge on any atom is 0.508 e. The number of carbonyl (C=O) groups is 1. The molecule has 0 atom stereocenters. The molecular weight excluding hydrogens is 348 g/mol. The molecule has 28 heavy (non-hydrogen) atoms. The van der Waals surface area contributed by atoms with Crippen molar-refractivity contribution in [3.05, 3.63) is 36.5 Å². The third-order valence-corrected chi connectivity index (χ3v) is 4.48. The van der Waals surface area contributed by atoms with Crippen LogP contribution in [0.15, 0.2) is 36.5 Å². The van der Waals surface area contributed by atoms with Gasteiger partial charge in [0.05, 0.1) is 13.2 Å². The van der Waals surface area contributed by atoms with Crippen molar-refractivity contribution in [3.8, 4) is 0 Å². The minimum atomic E-state index is -0.504. The predicted octanol–water partition coefficient (Wildman–Crippen LogP) is 8.31. The molecule has 0 radical (unpaired) electrons. The molecular formula is C25H44O3. The standard InChI is InChI=1S/C25H44O3/c1-3-5-7-9-10-11-12-13-14-15-16-17-18-19-20-22-24-28-25(26)27-23-21-8-6-4-2/h5,7,10-11,13-14H,3-4,6,8-9,12,15-24H2,1-2H3. The van der Waals surface area contributed by atoms with Gasteiger partial charge < -0.3 is 9.47 Å². The van der Waals surface area contributed by atoms with E-state index < -0.39 is 6.16 Å². The zero-order chi connectivity index (χ0) is 20.5. The third kappa shape index (κ3) is 22.5. The van der Waals surface area contributed by atoms with Gasteiger partial charge in [-0.3, -0.25) is 0 Å². The first-order valence-corrected chi connectivity index (χ1v) is 11.6. The summed E-state index contributed by atoms with van der Waals surface area (Å²) in [5, 5.41) is 0. The first-order chi connectivity index (χ1) is 13.8. The van der Waals surface area contributed by atoms with Crippen molar-refractivity contribution in [1.29, 1.82) is 0 Å². The van der Waals surface area contributed by atoms with E-state index in [9.17, 15) is 4.79 Å². The molecule has 0 heterocycles. The summed E-state index contributed by atoms with van der Waals surface area (Å²) >= 11 is 0. The summed E-state index contributed by atoms with van der Waals surface area (Å²) in [5.74, 6) is 0. The van der Waals surface area contributed by atoms with E-state index in [1.54, 1.807) is 0 Å². The normalized spacial score (nSPS) is 11.8. The summed E-state index contributed by atoms with van der Waals surface area (Å²) in [7, 11) is 0. The average Bonchev–Trinajstić information content (AvgIpc) is 2.70. The van der Waals surface area contributed by atoms with Crippen LogP contribution >= 0.6 is 0 Å². The van der Waals surface area contributed by atoms with Gasteiger partial charge in [0, 0.05) is 0 Å². The van der Waals surface area contributed by atoms with Gasteiger partial charge in [0.1, 0.15) is 0 Å². The third-order valence-electron chi connectivity index (χ3n) is 4.48. The highest BCUT2D eigenvalue weighted by Gasteiger charge is 2.02. The van der Waals surface area contributed by atoms with Crippen molar-refractivity contribution in [3.63, 3.8) is 0 Å². The number of rotatable bonds is 19. The Morgan fingerprint density at radius 3 is 1.71 bits per heavy atom. The minimum Gasteiger partial charge on any atom is -0.434 e. The Hall–Kier alpha value is -1.51. The fourth-order valence-corrected chi connectivity index (χ4v) is 2.78. The van der Waals surface area contributed by atoms with Crippen molar-refractivity contribution in [2.24, 2.45) is 0 Å². The van der Waals surface area contributed by atoms with E-state index in [1.807, 2.05) is 0 Å². The van der Waals surface area contributed by atoms with Crippen LogP contribution < -0.4 is 0 Å². The monoisotopic (exact) mass is 392 g/mol. The minimum absolute atomic E-state index is 0.484. The molecule has 0 saturated heterocycles. The maximum absolute atomic E-state index is 11.4. The number of hydrogen-bond acceptors (Lipinski definition) is 3. The quantitative estimate of drug-likeness (QED) is 0.126. The molecule has 0 unspecified atom stereocenters. The molecule has 0 aromatic carbocycles. The van der Waals surface area contributed by atoms with Crippen molar-refractivity contribution in [1.82, 2.24) is 0 Å². The molecule has 162 valence electrons. The van der Waals surface area contributed by atoms with Gasteiger partial charge in [0.25, 0.3) is 0 Å². The summed E-state index contributed by atoms with van der Waals surface area (Å²) < 4.78 is 10.1. The van der Waals surface area contributed by atoms with Gasteiger partial charge in [-0.2, -0.15) is 0 Å². The Kier molecular flexibility index (Phi) is 22.3. The second-order valence-electron chi connectivity index (χ2n) is 7.21. The topological polar surface area (TPSA) is 35.5 Å². The summed E-state index contributed by atoms with van der Waals surface area (Å²) in [6.45, 7) is 5.30. The fraction of sp³-hybridized carbons (Fsp3) is 0.720. The average molecular weight is 393 g/mol. The van der Waals surface area contributed by atoms with E-state index in [-0.39, 0.29) is 0 Å². The maximum atomic E-state index is 11.4. The molecule has 0 fully saturated rings. The Balaban J connectivity index is 3.25. The zero-order valence-corrected chi connectivity index (χ0v) is 18.5. The molecule has 0 rings (SSSR count). The highest BCUT2D eigenvalue weighted by atomic mass is 16.7. The van der Waals surface area contributed by atoms with Gasteiger partial charge in [-0.05, 0) is 44.9 Å². The lowest BCUT2D eigenvalue weighted by Gasteiger charge is -2.06. The highest BCUT2D eigenvalue weighted by Crippen LogP contribution is 2.08. The number of hydrogen-bond donors (Lipinski definition) is 0. The van der Waals surface area contributed by atoms with Gasteiger partial charge in [0.2, 0.25) is 0 Å². The van der Waals surface area contributed by atoms with Crippen LogP contribution in [0.1, 0.15) is 104 Å².